The van der Waals surface area contributed by atoms with Crippen LogP contribution in [0.4, 0.5) is 4.79 Å². The van der Waals surface area contributed by atoms with Crippen LogP contribution in [0, 0.1) is 5.92 Å². The van der Waals surface area contributed by atoms with Gasteiger partial charge in [-0.3, -0.25) is 4.79 Å². The Labute approximate surface area is 117 Å². The Morgan fingerprint density at radius 2 is 2.10 bits per heavy atom. The van der Waals surface area contributed by atoms with Crippen molar-refractivity contribution in [3.63, 3.8) is 0 Å². The quantitative estimate of drug-likeness (QED) is 0.622. The molecule has 1 heterocycles. The number of nitrogens with two attached hydrogens (primary N) is 1. The Morgan fingerprint density at radius 3 is 2.60 bits per heavy atom. The number of hydrogen-bond donors (Lipinski definition) is 3. The van der Waals surface area contributed by atoms with E-state index in [0.29, 0.717) is 12.8 Å². The molecule has 1 fully saturated rings. The van der Waals surface area contributed by atoms with Gasteiger partial charge in [0.1, 0.15) is 0 Å². The normalized spacial score (nSPS) is 24.0. The fraction of sp³-hybridized carbons (Fsp3) is 0.750. The van der Waals surface area contributed by atoms with E-state index in [2.05, 4.69) is 5.32 Å². The number of primary amides is 1. The van der Waals surface area contributed by atoms with Gasteiger partial charge >= 0.3 is 12.0 Å². The van der Waals surface area contributed by atoms with E-state index in [-0.39, 0.29) is 25.0 Å². The lowest BCUT2D eigenvalue weighted by atomic mass is 9.93. The zero-order valence-electron chi connectivity index (χ0n) is 11.7. The number of carboxylic acid groups (broad SMARTS) is 1. The van der Waals surface area contributed by atoms with Gasteiger partial charge in [0.15, 0.2) is 6.10 Å². The number of likely N-dealkylation sites (tertiary alicyclic amines) is 1. The number of nitrogens with zero attached hydrogens (tertiary/aromatic N) is 1. The standard InChI is InChI=1S/C12H21N3O5/c1-7-3-4-8(10(13)16)6-15(7)12(19)14-5-9(20-2)11(17)18/h7-9H,3-6H2,1-2H3,(H2,13,16)(H,14,19)(H,17,18). The molecule has 1 rings (SSSR count). The fourth-order valence-electron chi connectivity index (χ4n) is 2.18. The summed E-state index contributed by atoms with van der Waals surface area (Å²) in [6.45, 7) is 2.00. The predicted molar refractivity (Wildman–Crippen MR) is 69.9 cm³/mol. The summed E-state index contributed by atoms with van der Waals surface area (Å²) in [4.78, 5) is 35.5. The minimum atomic E-state index is -1.14. The van der Waals surface area contributed by atoms with Crippen LogP contribution in [0.1, 0.15) is 19.8 Å². The molecule has 0 aromatic rings. The minimum absolute atomic E-state index is 0.0172. The van der Waals surface area contributed by atoms with Crippen LogP contribution >= 0.6 is 0 Å². The molecule has 114 valence electrons. The molecule has 20 heavy (non-hydrogen) atoms. The molecule has 0 aromatic heterocycles. The number of carbonyl (C=O) groups is 3. The van der Waals surface area contributed by atoms with Crippen LogP contribution < -0.4 is 11.1 Å². The van der Waals surface area contributed by atoms with Gasteiger partial charge in [-0.2, -0.15) is 0 Å². The SMILES string of the molecule is COC(CNC(=O)N1CC(C(N)=O)CCC1C)C(=O)O. The summed E-state index contributed by atoms with van der Waals surface area (Å²) in [5.41, 5.74) is 5.26. The molecule has 8 heteroatoms. The Morgan fingerprint density at radius 1 is 1.45 bits per heavy atom. The smallest absolute Gasteiger partial charge is 0.334 e. The molecule has 1 aliphatic heterocycles. The molecule has 0 bridgehead atoms. The molecule has 0 aliphatic carbocycles. The summed E-state index contributed by atoms with van der Waals surface area (Å²) in [6, 6.07) is -0.428. The number of hydrogen-bond acceptors (Lipinski definition) is 4. The number of ether oxygens (including phenoxy) is 1. The van der Waals surface area contributed by atoms with E-state index in [0.717, 1.165) is 0 Å². The molecular formula is C12H21N3O5. The largest absolute Gasteiger partial charge is 0.479 e. The summed E-state index contributed by atoms with van der Waals surface area (Å²) < 4.78 is 4.73. The van der Waals surface area contributed by atoms with E-state index in [1.54, 1.807) is 0 Å². The first-order valence-electron chi connectivity index (χ1n) is 6.46. The van der Waals surface area contributed by atoms with E-state index < -0.39 is 24.0 Å². The summed E-state index contributed by atoms with van der Waals surface area (Å²) >= 11 is 0. The highest BCUT2D eigenvalue weighted by Gasteiger charge is 2.32. The van der Waals surface area contributed by atoms with Crippen LogP contribution in [0.15, 0.2) is 0 Å². The molecule has 1 aliphatic rings. The van der Waals surface area contributed by atoms with Crippen LogP contribution in [0.25, 0.3) is 0 Å². The molecule has 1 saturated heterocycles. The van der Waals surface area contributed by atoms with Crippen LogP contribution in [0.2, 0.25) is 0 Å². The van der Waals surface area contributed by atoms with Gasteiger partial charge < -0.3 is 25.8 Å². The van der Waals surface area contributed by atoms with Crippen molar-refractivity contribution in [2.75, 3.05) is 20.2 Å². The topological polar surface area (TPSA) is 122 Å². The van der Waals surface area contributed by atoms with Crippen molar-refractivity contribution >= 4 is 17.9 Å². The number of carbonyl (C=O) groups excluding carboxylic acids is 2. The second-order valence-electron chi connectivity index (χ2n) is 4.93. The minimum Gasteiger partial charge on any atom is -0.479 e. The van der Waals surface area contributed by atoms with Crippen LogP contribution in [-0.4, -0.2) is 60.3 Å². The first-order valence-corrected chi connectivity index (χ1v) is 6.46. The number of rotatable bonds is 5. The van der Waals surface area contributed by atoms with Crippen molar-refractivity contribution in [2.45, 2.75) is 31.9 Å². The highest BCUT2D eigenvalue weighted by molar-refractivity contribution is 5.80. The van der Waals surface area contributed by atoms with Gasteiger partial charge in [-0.05, 0) is 19.8 Å². The van der Waals surface area contributed by atoms with Gasteiger partial charge in [-0.15, -0.1) is 0 Å². The molecule has 0 saturated carbocycles. The highest BCUT2D eigenvalue weighted by Crippen LogP contribution is 2.21. The maximum Gasteiger partial charge on any atom is 0.334 e. The third-order valence-corrected chi connectivity index (χ3v) is 3.54. The van der Waals surface area contributed by atoms with Crippen LogP contribution in [0.5, 0.6) is 0 Å². The Kier molecular flexibility index (Phi) is 5.75. The molecule has 0 aromatic carbocycles. The number of urea groups is 1. The van der Waals surface area contributed by atoms with Gasteiger partial charge in [-0.25, -0.2) is 9.59 Å². The summed E-state index contributed by atoms with van der Waals surface area (Å²) in [5, 5.41) is 11.3. The lowest BCUT2D eigenvalue weighted by Gasteiger charge is -2.36. The van der Waals surface area contributed by atoms with Gasteiger partial charge in [0, 0.05) is 19.7 Å². The third-order valence-electron chi connectivity index (χ3n) is 3.54. The lowest BCUT2D eigenvalue weighted by Crippen LogP contribution is -2.53. The average molecular weight is 287 g/mol. The number of amides is 3. The second kappa shape index (κ2) is 7.09. The van der Waals surface area contributed by atoms with E-state index in [1.165, 1.54) is 12.0 Å². The molecule has 3 amide bonds. The molecule has 3 atom stereocenters. The van der Waals surface area contributed by atoms with Crippen molar-refractivity contribution in [1.82, 2.24) is 10.2 Å². The number of methoxy groups -OCH3 is 1. The average Bonchev–Trinajstić information content (AvgIpc) is 2.38. The molecular weight excluding hydrogens is 266 g/mol. The monoisotopic (exact) mass is 287 g/mol. The highest BCUT2D eigenvalue weighted by atomic mass is 16.5. The van der Waals surface area contributed by atoms with Gasteiger partial charge in [-0.1, -0.05) is 0 Å². The van der Waals surface area contributed by atoms with Crippen molar-refractivity contribution in [3.8, 4) is 0 Å². The third kappa shape index (κ3) is 4.09. The van der Waals surface area contributed by atoms with E-state index in [9.17, 15) is 14.4 Å². The maximum atomic E-state index is 12.0. The molecule has 0 spiro atoms. The van der Waals surface area contributed by atoms with Crippen LogP contribution in [-0.2, 0) is 14.3 Å². The Balaban J connectivity index is 2.56. The lowest BCUT2D eigenvalue weighted by molar-refractivity contribution is -0.148. The second-order valence-corrected chi connectivity index (χ2v) is 4.93. The van der Waals surface area contributed by atoms with Crippen molar-refractivity contribution in [1.29, 1.82) is 0 Å². The number of piperidine rings is 1. The Hall–Kier alpha value is -1.83. The van der Waals surface area contributed by atoms with Gasteiger partial charge in [0.05, 0.1) is 12.5 Å². The molecule has 8 nitrogen and oxygen atoms in total. The van der Waals surface area contributed by atoms with Crippen molar-refractivity contribution < 1.29 is 24.2 Å². The number of aliphatic carboxylic acids is 1. The first-order chi connectivity index (χ1) is 9.36. The number of carboxylic acids is 1. The molecule has 3 unspecified atom stereocenters. The molecule has 4 N–H and O–H groups in total. The van der Waals surface area contributed by atoms with E-state index >= 15 is 0 Å². The van der Waals surface area contributed by atoms with Crippen molar-refractivity contribution in [2.24, 2.45) is 11.7 Å². The zero-order chi connectivity index (χ0) is 15.3. The molecule has 0 radical (unpaired) electrons. The van der Waals surface area contributed by atoms with Crippen molar-refractivity contribution in [3.05, 3.63) is 0 Å². The summed E-state index contributed by atoms with van der Waals surface area (Å²) in [7, 11) is 1.26. The first kappa shape index (κ1) is 16.2. The predicted octanol–water partition coefficient (Wildman–Crippen LogP) is -0.619. The fourth-order valence-corrected chi connectivity index (χ4v) is 2.18. The zero-order valence-corrected chi connectivity index (χ0v) is 11.7. The van der Waals surface area contributed by atoms with Gasteiger partial charge in [0.25, 0.3) is 0 Å². The maximum absolute atomic E-state index is 12.0. The van der Waals surface area contributed by atoms with E-state index in [4.69, 9.17) is 15.6 Å². The number of nitrogens with one attached hydrogen (secondary N) is 1. The summed E-state index contributed by atoms with van der Waals surface area (Å²) in [6.07, 6.45) is 0.259. The summed E-state index contributed by atoms with van der Waals surface area (Å²) in [5.74, 6) is -1.92. The van der Waals surface area contributed by atoms with Crippen LogP contribution in [0.3, 0.4) is 0 Å². The van der Waals surface area contributed by atoms with E-state index in [1.807, 2.05) is 6.92 Å². The van der Waals surface area contributed by atoms with Gasteiger partial charge in [0.2, 0.25) is 5.91 Å². The Bertz CT molecular complexity index is 387.